The van der Waals surface area contributed by atoms with Gasteiger partial charge in [0.1, 0.15) is 0 Å². The molecule has 0 aliphatic heterocycles. The van der Waals surface area contributed by atoms with Crippen LogP contribution >= 0.6 is 23.2 Å². The third-order valence-corrected chi connectivity index (χ3v) is 4.04. The third-order valence-electron chi connectivity index (χ3n) is 3.45. The van der Waals surface area contributed by atoms with Crippen molar-refractivity contribution in [1.82, 2.24) is 4.57 Å². The van der Waals surface area contributed by atoms with Crippen molar-refractivity contribution in [1.29, 1.82) is 0 Å². The fraction of sp³-hybridized carbons (Fsp3) is 0.125. The third kappa shape index (κ3) is 2.92. The fourth-order valence-corrected chi connectivity index (χ4v) is 2.80. The van der Waals surface area contributed by atoms with E-state index in [4.69, 9.17) is 23.2 Å². The minimum atomic E-state index is -1.48. The van der Waals surface area contributed by atoms with Crippen molar-refractivity contribution in [2.45, 2.75) is 12.8 Å². The van der Waals surface area contributed by atoms with E-state index < -0.39 is 6.29 Å². The first kappa shape index (κ1) is 14.4. The Labute approximate surface area is 132 Å². The van der Waals surface area contributed by atoms with Gasteiger partial charge in [-0.2, -0.15) is 0 Å². The van der Waals surface area contributed by atoms with E-state index in [9.17, 15) is 10.2 Å². The van der Waals surface area contributed by atoms with Crippen LogP contribution in [0.3, 0.4) is 0 Å². The molecule has 0 atom stereocenters. The Morgan fingerprint density at radius 1 is 1.00 bits per heavy atom. The summed E-state index contributed by atoms with van der Waals surface area (Å²) in [5.74, 6) is 0. The molecule has 0 aliphatic carbocycles. The van der Waals surface area contributed by atoms with Crippen LogP contribution in [0, 0.1) is 0 Å². The molecule has 0 amide bonds. The van der Waals surface area contributed by atoms with E-state index in [-0.39, 0.29) is 0 Å². The van der Waals surface area contributed by atoms with E-state index in [0.717, 1.165) is 16.5 Å². The van der Waals surface area contributed by atoms with Gasteiger partial charge in [0.2, 0.25) is 0 Å². The predicted molar refractivity (Wildman–Crippen MR) is 84.7 cm³/mol. The largest absolute Gasteiger partial charge is 0.364 e. The van der Waals surface area contributed by atoms with Gasteiger partial charge in [-0.15, -0.1) is 0 Å². The van der Waals surface area contributed by atoms with Crippen molar-refractivity contribution >= 4 is 34.1 Å². The Balaban J connectivity index is 2.02. The zero-order valence-electron chi connectivity index (χ0n) is 11.0. The Morgan fingerprint density at radius 3 is 2.52 bits per heavy atom. The maximum Gasteiger partial charge on any atom is 0.178 e. The topological polar surface area (TPSA) is 45.4 Å². The first-order valence-electron chi connectivity index (χ1n) is 6.43. The zero-order valence-corrected chi connectivity index (χ0v) is 12.5. The Hall–Kier alpha value is -1.52. The van der Waals surface area contributed by atoms with E-state index in [2.05, 4.69) is 0 Å². The highest BCUT2D eigenvalue weighted by Gasteiger charge is 2.08. The molecular weight excluding hydrogens is 309 g/mol. The molecule has 3 aromatic rings. The molecule has 3 rings (SSSR count). The number of nitrogens with zero attached hydrogens (tertiary/aromatic N) is 1. The number of benzene rings is 2. The van der Waals surface area contributed by atoms with Crippen LogP contribution in [-0.2, 0) is 6.54 Å². The number of aromatic nitrogens is 1. The zero-order chi connectivity index (χ0) is 15.0. The van der Waals surface area contributed by atoms with Crippen molar-refractivity contribution < 1.29 is 10.2 Å². The van der Waals surface area contributed by atoms with Crippen LogP contribution in [0.2, 0.25) is 10.0 Å². The van der Waals surface area contributed by atoms with Gasteiger partial charge in [-0.25, -0.2) is 0 Å². The highest BCUT2D eigenvalue weighted by atomic mass is 35.5. The number of aliphatic hydroxyl groups excluding tert-OH is 1. The van der Waals surface area contributed by atoms with Gasteiger partial charge in [-0.3, -0.25) is 0 Å². The lowest BCUT2D eigenvalue weighted by molar-refractivity contribution is -0.0424. The number of aliphatic hydroxyl groups is 2. The van der Waals surface area contributed by atoms with Gasteiger partial charge in [0, 0.05) is 33.9 Å². The molecule has 1 aromatic heterocycles. The molecule has 0 saturated heterocycles. The van der Waals surface area contributed by atoms with Crippen LogP contribution in [0.25, 0.3) is 10.9 Å². The summed E-state index contributed by atoms with van der Waals surface area (Å²) in [5.41, 5.74) is 2.34. The maximum absolute atomic E-state index is 9.29. The smallest absolute Gasteiger partial charge is 0.178 e. The molecular formula is C16H13Cl2NO2. The van der Waals surface area contributed by atoms with Crippen molar-refractivity contribution in [3.05, 3.63) is 69.8 Å². The van der Waals surface area contributed by atoms with E-state index in [1.165, 1.54) is 0 Å². The summed E-state index contributed by atoms with van der Waals surface area (Å²) in [5, 5.41) is 20.8. The van der Waals surface area contributed by atoms with E-state index in [1.807, 2.05) is 29.0 Å². The second kappa shape index (κ2) is 5.70. The van der Waals surface area contributed by atoms with Crippen molar-refractivity contribution in [2.24, 2.45) is 0 Å². The molecule has 0 bridgehead atoms. The molecule has 0 aliphatic rings. The van der Waals surface area contributed by atoms with E-state index in [1.54, 1.807) is 24.3 Å². The molecule has 21 heavy (non-hydrogen) atoms. The number of hydrogen-bond donors (Lipinski definition) is 2. The lowest BCUT2D eigenvalue weighted by atomic mass is 10.1. The van der Waals surface area contributed by atoms with Gasteiger partial charge in [-0.1, -0.05) is 41.4 Å². The van der Waals surface area contributed by atoms with Gasteiger partial charge >= 0.3 is 0 Å². The Bertz CT molecular complexity index is 796. The normalized spacial score (nSPS) is 11.5. The molecule has 0 saturated carbocycles. The molecule has 2 aromatic carbocycles. The van der Waals surface area contributed by atoms with Crippen LogP contribution in [0.4, 0.5) is 0 Å². The van der Waals surface area contributed by atoms with Crippen LogP contribution in [0.1, 0.15) is 17.4 Å². The fourth-order valence-electron chi connectivity index (χ4n) is 2.33. The van der Waals surface area contributed by atoms with Crippen LogP contribution in [0.5, 0.6) is 0 Å². The van der Waals surface area contributed by atoms with Gasteiger partial charge in [-0.05, 0) is 35.2 Å². The molecule has 0 spiro atoms. The average Bonchev–Trinajstić information content (AvgIpc) is 2.84. The maximum atomic E-state index is 9.29. The minimum absolute atomic E-state index is 0.463. The standard InChI is InChI=1S/C16H13Cl2NO2/c17-13-4-3-12(14(18)8-13)9-19-6-5-10-1-2-11(16(20)21)7-15(10)19/h1-8,16,20-21H,9H2. The molecule has 0 radical (unpaired) electrons. The molecule has 1 heterocycles. The molecule has 3 nitrogen and oxygen atoms in total. The minimum Gasteiger partial charge on any atom is -0.364 e. The van der Waals surface area contributed by atoms with Crippen LogP contribution in [0.15, 0.2) is 48.7 Å². The van der Waals surface area contributed by atoms with Gasteiger partial charge in [0.25, 0.3) is 0 Å². The number of hydrogen-bond acceptors (Lipinski definition) is 2. The van der Waals surface area contributed by atoms with Crippen molar-refractivity contribution in [3.8, 4) is 0 Å². The summed E-state index contributed by atoms with van der Waals surface area (Å²) in [7, 11) is 0. The first-order valence-corrected chi connectivity index (χ1v) is 7.19. The predicted octanol–water partition coefficient (Wildman–Crippen LogP) is 3.98. The molecule has 108 valence electrons. The van der Waals surface area contributed by atoms with Crippen molar-refractivity contribution in [2.75, 3.05) is 0 Å². The molecule has 0 unspecified atom stereocenters. The van der Waals surface area contributed by atoms with Gasteiger partial charge < -0.3 is 14.8 Å². The summed E-state index contributed by atoms with van der Waals surface area (Å²) in [6, 6.07) is 12.7. The molecule has 5 heteroatoms. The van der Waals surface area contributed by atoms with Crippen molar-refractivity contribution in [3.63, 3.8) is 0 Å². The van der Waals surface area contributed by atoms with Gasteiger partial charge in [0.05, 0.1) is 0 Å². The second-order valence-electron chi connectivity index (χ2n) is 4.87. The summed E-state index contributed by atoms with van der Waals surface area (Å²) in [6.45, 7) is 0.588. The number of fused-ring (bicyclic) bond motifs is 1. The van der Waals surface area contributed by atoms with Crippen LogP contribution < -0.4 is 0 Å². The summed E-state index contributed by atoms with van der Waals surface area (Å²) >= 11 is 12.1. The Morgan fingerprint density at radius 2 is 1.81 bits per heavy atom. The first-order chi connectivity index (χ1) is 10.0. The van der Waals surface area contributed by atoms with E-state index in [0.29, 0.717) is 22.2 Å². The number of halogens is 2. The summed E-state index contributed by atoms with van der Waals surface area (Å²) < 4.78 is 2.01. The lowest BCUT2D eigenvalue weighted by Crippen LogP contribution is -2.00. The second-order valence-corrected chi connectivity index (χ2v) is 5.71. The lowest BCUT2D eigenvalue weighted by Gasteiger charge is -2.10. The molecule has 0 fully saturated rings. The summed E-state index contributed by atoms with van der Waals surface area (Å²) in [6.07, 6.45) is 0.472. The van der Waals surface area contributed by atoms with E-state index >= 15 is 0 Å². The van der Waals surface area contributed by atoms with Crippen LogP contribution in [-0.4, -0.2) is 14.8 Å². The Kier molecular flexibility index (Phi) is 3.91. The summed E-state index contributed by atoms with van der Waals surface area (Å²) in [4.78, 5) is 0. The quantitative estimate of drug-likeness (QED) is 0.717. The highest BCUT2D eigenvalue weighted by Crippen LogP contribution is 2.25. The molecule has 2 N–H and O–H groups in total. The number of rotatable bonds is 3. The van der Waals surface area contributed by atoms with Gasteiger partial charge in [0.15, 0.2) is 6.29 Å². The highest BCUT2D eigenvalue weighted by molar-refractivity contribution is 6.35. The monoisotopic (exact) mass is 321 g/mol. The average molecular weight is 322 g/mol. The SMILES string of the molecule is OC(O)c1ccc2ccn(Cc3ccc(Cl)cc3Cl)c2c1.